The second-order valence-electron chi connectivity index (χ2n) is 3.91. The third-order valence-corrected chi connectivity index (χ3v) is 3.28. The van der Waals surface area contributed by atoms with Crippen molar-refractivity contribution in [3.63, 3.8) is 0 Å². The average Bonchev–Trinajstić information content (AvgIpc) is 2.74. The minimum atomic E-state index is 0.479. The van der Waals surface area contributed by atoms with Crippen molar-refractivity contribution in [1.29, 1.82) is 5.26 Å². The van der Waals surface area contributed by atoms with Crippen molar-refractivity contribution >= 4 is 35.0 Å². The maximum absolute atomic E-state index is 9.20. The summed E-state index contributed by atoms with van der Waals surface area (Å²) in [5.41, 5.74) is 2.61. The SMILES string of the molecule is N#Cc1ccc(Cl)cc1-n1c(=S)[nH]c2cccnc21. The van der Waals surface area contributed by atoms with Gasteiger partial charge in [-0.05, 0) is 42.5 Å². The second-order valence-corrected chi connectivity index (χ2v) is 4.74. The molecule has 4 nitrogen and oxygen atoms in total. The zero-order chi connectivity index (χ0) is 13.4. The largest absolute Gasteiger partial charge is 0.329 e. The molecule has 0 radical (unpaired) electrons. The Kier molecular flexibility index (Phi) is 2.82. The molecule has 92 valence electrons. The Hall–Kier alpha value is -2.16. The number of hydrogen-bond acceptors (Lipinski definition) is 3. The lowest BCUT2D eigenvalue weighted by atomic mass is 10.2. The molecule has 0 atom stereocenters. The van der Waals surface area contributed by atoms with Crippen LogP contribution in [0, 0.1) is 16.1 Å². The van der Waals surface area contributed by atoms with Gasteiger partial charge in [0.05, 0.1) is 16.8 Å². The molecule has 3 aromatic rings. The van der Waals surface area contributed by atoms with Gasteiger partial charge in [0.1, 0.15) is 6.07 Å². The fraction of sp³-hybridized carbons (Fsp3) is 0. The van der Waals surface area contributed by atoms with Gasteiger partial charge in [0.25, 0.3) is 0 Å². The van der Waals surface area contributed by atoms with Crippen molar-refractivity contribution in [2.45, 2.75) is 0 Å². The predicted octanol–water partition coefficient (Wildman–Crippen LogP) is 3.61. The fourth-order valence-corrected chi connectivity index (χ4v) is 2.41. The Morgan fingerprint density at radius 2 is 2.21 bits per heavy atom. The normalized spacial score (nSPS) is 10.5. The van der Waals surface area contributed by atoms with Gasteiger partial charge in [-0.2, -0.15) is 5.26 Å². The summed E-state index contributed by atoms with van der Waals surface area (Å²) in [4.78, 5) is 7.36. The molecule has 0 aliphatic rings. The summed E-state index contributed by atoms with van der Waals surface area (Å²) < 4.78 is 2.20. The smallest absolute Gasteiger partial charge is 0.184 e. The first-order valence-electron chi connectivity index (χ1n) is 5.46. The van der Waals surface area contributed by atoms with Crippen LogP contribution in [0.2, 0.25) is 5.02 Å². The number of pyridine rings is 1. The van der Waals surface area contributed by atoms with E-state index in [1.807, 2.05) is 12.1 Å². The van der Waals surface area contributed by atoms with E-state index in [1.165, 1.54) is 0 Å². The van der Waals surface area contributed by atoms with Crippen LogP contribution in [0.25, 0.3) is 16.9 Å². The van der Waals surface area contributed by atoms with Gasteiger partial charge in [0.2, 0.25) is 0 Å². The molecule has 2 aromatic heterocycles. The van der Waals surface area contributed by atoms with Gasteiger partial charge < -0.3 is 4.98 Å². The number of nitrogens with zero attached hydrogens (tertiary/aromatic N) is 3. The predicted molar refractivity (Wildman–Crippen MR) is 76.0 cm³/mol. The summed E-state index contributed by atoms with van der Waals surface area (Å²) in [6.07, 6.45) is 1.68. The van der Waals surface area contributed by atoms with Crippen LogP contribution < -0.4 is 0 Å². The first-order valence-corrected chi connectivity index (χ1v) is 6.25. The van der Waals surface area contributed by atoms with E-state index in [4.69, 9.17) is 23.8 Å². The van der Waals surface area contributed by atoms with Gasteiger partial charge in [-0.25, -0.2) is 4.98 Å². The number of hydrogen-bond donors (Lipinski definition) is 1. The Bertz CT molecular complexity index is 872. The molecule has 0 unspecified atom stereocenters. The molecule has 0 aliphatic carbocycles. The second kappa shape index (κ2) is 4.50. The molecule has 0 amide bonds. The summed E-state index contributed by atoms with van der Waals surface area (Å²) in [5, 5.41) is 9.74. The van der Waals surface area contributed by atoms with E-state index in [0.717, 1.165) is 5.52 Å². The van der Waals surface area contributed by atoms with E-state index in [1.54, 1.807) is 29.0 Å². The van der Waals surface area contributed by atoms with Gasteiger partial charge in [0, 0.05) is 11.2 Å². The molecule has 6 heteroatoms. The van der Waals surface area contributed by atoms with E-state index < -0.39 is 0 Å². The summed E-state index contributed by atoms with van der Waals surface area (Å²) in [5.74, 6) is 0. The summed E-state index contributed by atoms with van der Waals surface area (Å²) >= 11 is 11.3. The highest BCUT2D eigenvalue weighted by Gasteiger charge is 2.11. The standard InChI is InChI=1S/C13H7ClN4S/c14-9-4-3-8(7-15)11(6-9)18-12-10(17-13(18)19)2-1-5-16-12/h1-6H,(H,17,19). The van der Waals surface area contributed by atoms with Crippen molar-refractivity contribution in [3.05, 3.63) is 51.9 Å². The maximum Gasteiger partial charge on any atom is 0.184 e. The monoisotopic (exact) mass is 286 g/mol. The topological polar surface area (TPSA) is 57.4 Å². The summed E-state index contributed by atoms with van der Waals surface area (Å²) in [7, 11) is 0. The molecular weight excluding hydrogens is 280 g/mol. The van der Waals surface area contributed by atoms with Crippen LogP contribution in [0.15, 0.2) is 36.5 Å². The first kappa shape index (κ1) is 11.9. The Morgan fingerprint density at radius 1 is 1.37 bits per heavy atom. The van der Waals surface area contributed by atoms with Gasteiger partial charge in [-0.3, -0.25) is 4.57 Å². The lowest BCUT2D eigenvalue weighted by molar-refractivity contribution is 1.04. The van der Waals surface area contributed by atoms with Crippen molar-refractivity contribution in [3.8, 4) is 11.8 Å². The lowest BCUT2D eigenvalue weighted by Gasteiger charge is -2.06. The van der Waals surface area contributed by atoms with Crippen molar-refractivity contribution < 1.29 is 0 Å². The maximum atomic E-state index is 9.20. The third-order valence-electron chi connectivity index (χ3n) is 2.76. The minimum Gasteiger partial charge on any atom is -0.329 e. The number of aromatic amines is 1. The number of halogens is 1. The number of nitriles is 1. The van der Waals surface area contributed by atoms with E-state index in [-0.39, 0.29) is 0 Å². The molecule has 0 aliphatic heterocycles. The van der Waals surface area contributed by atoms with Crippen LogP contribution in [-0.4, -0.2) is 14.5 Å². The van der Waals surface area contributed by atoms with Gasteiger partial charge in [-0.1, -0.05) is 11.6 Å². The fourth-order valence-electron chi connectivity index (χ4n) is 1.95. The van der Waals surface area contributed by atoms with E-state index in [0.29, 0.717) is 26.7 Å². The van der Waals surface area contributed by atoms with Crippen LogP contribution in [-0.2, 0) is 0 Å². The Balaban J connectivity index is 2.43. The molecule has 0 fully saturated rings. The van der Waals surface area contributed by atoms with Gasteiger partial charge >= 0.3 is 0 Å². The molecule has 0 saturated heterocycles. The number of fused-ring (bicyclic) bond motifs is 1. The van der Waals surface area contributed by atoms with E-state index >= 15 is 0 Å². The van der Waals surface area contributed by atoms with Crippen LogP contribution >= 0.6 is 23.8 Å². The molecule has 19 heavy (non-hydrogen) atoms. The number of nitrogens with one attached hydrogen (secondary N) is 1. The van der Waals surface area contributed by atoms with Crippen molar-refractivity contribution in [2.24, 2.45) is 0 Å². The van der Waals surface area contributed by atoms with Crippen LogP contribution in [0.4, 0.5) is 0 Å². The van der Waals surface area contributed by atoms with Crippen molar-refractivity contribution in [1.82, 2.24) is 14.5 Å². The average molecular weight is 287 g/mol. The lowest BCUT2D eigenvalue weighted by Crippen LogP contribution is -1.98. The molecule has 3 rings (SSSR count). The quantitative estimate of drug-likeness (QED) is 0.695. The van der Waals surface area contributed by atoms with Gasteiger partial charge in [0.15, 0.2) is 10.4 Å². The van der Waals surface area contributed by atoms with Crippen LogP contribution in [0.1, 0.15) is 5.56 Å². The molecule has 0 saturated carbocycles. The summed E-state index contributed by atoms with van der Waals surface area (Å²) in [6.45, 7) is 0. The Morgan fingerprint density at radius 3 is 3.00 bits per heavy atom. The number of H-pyrrole nitrogens is 1. The van der Waals surface area contributed by atoms with Gasteiger partial charge in [-0.15, -0.1) is 0 Å². The third kappa shape index (κ3) is 1.91. The molecule has 1 N–H and O–H groups in total. The minimum absolute atomic E-state index is 0.479. The van der Waals surface area contributed by atoms with Crippen LogP contribution in [0.5, 0.6) is 0 Å². The molecule has 0 bridgehead atoms. The number of aromatic nitrogens is 3. The first-order chi connectivity index (χ1) is 9.20. The zero-order valence-corrected chi connectivity index (χ0v) is 11.2. The number of benzene rings is 1. The molecule has 1 aromatic carbocycles. The van der Waals surface area contributed by atoms with E-state index in [2.05, 4.69) is 16.0 Å². The van der Waals surface area contributed by atoms with Crippen LogP contribution in [0.3, 0.4) is 0 Å². The summed E-state index contributed by atoms with van der Waals surface area (Å²) in [6, 6.07) is 10.9. The molecule has 0 spiro atoms. The highest BCUT2D eigenvalue weighted by Crippen LogP contribution is 2.23. The zero-order valence-electron chi connectivity index (χ0n) is 9.59. The van der Waals surface area contributed by atoms with Crippen molar-refractivity contribution in [2.75, 3.05) is 0 Å². The molecule has 2 heterocycles. The highest BCUT2D eigenvalue weighted by atomic mass is 35.5. The Labute approximate surface area is 118 Å². The van der Waals surface area contributed by atoms with E-state index in [9.17, 15) is 5.26 Å². The molecular formula is C13H7ClN4S. The number of rotatable bonds is 1. The number of imidazole rings is 1. The highest BCUT2D eigenvalue weighted by molar-refractivity contribution is 7.71.